The number of hydrogen-bond donors (Lipinski definition) is 1. The van der Waals surface area contributed by atoms with Crippen molar-refractivity contribution in [2.45, 2.75) is 19.5 Å². The molecule has 0 unspecified atom stereocenters. The maximum absolute atomic E-state index is 12.5. The largest absolute Gasteiger partial charge is 0.497 e. The molecule has 1 amide bonds. The number of methoxy groups -OCH3 is 1. The van der Waals surface area contributed by atoms with Gasteiger partial charge in [0.15, 0.2) is 10.6 Å². The summed E-state index contributed by atoms with van der Waals surface area (Å²) in [5, 5.41) is 7.11. The SMILES string of the molecule is COc1ccc(-c2n[nH]c(=S)n2CCC(=O)N(C)Cc2cccnc2)cc1. The van der Waals surface area contributed by atoms with Gasteiger partial charge in [-0.05, 0) is 48.1 Å². The monoisotopic (exact) mass is 383 g/mol. The summed E-state index contributed by atoms with van der Waals surface area (Å²) in [5.41, 5.74) is 1.89. The number of nitrogens with one attached hydrogen (secondary N) is 1. The Labute approximate surface area is 162 Å². The molecule has 2 aromatic heterocycles. The number of carbonyl (C=O) groups excluding carboxylic acids is 1. The zero-order valence-electron chi connectivity index (χ0n) is 15.3. The number of benzene rings is 1. The zero-order chi connectivity index (χ0) is 19.2. The predicted molar refractivity (Wildman–Crippen MR) is 105 cm³/mol. The van der Waals surface area contributed by atoms with Gasteiger partial charge in [0.05, 0.1) is 7.11 Å². The molecule has 8 heteroatoms. The minimum absolute atomic E-state index is 0.0302. The van der Waals surface area contributed by atoms with E-state index in [-0.39, 0.29) is 5.91 Å². The third-order valence-electron chi connectivity index (χ3n) is 4.22. The highest BCUT2D eigenvalue weighted by atomic mass is 32.1. The number of H-pyrrole nitrogens is 1. The second-order valence-electron chi connectivity index (χ2n) is 6.09. The highest BCUT2D eigenvalue weighted by Crippen LogP contribution is 2.21. The molecule has 0 spiro atoms. The molecule has 3 aromatic rings. The van der Waals surface area contributed by atoms with Crippen LogP contribution in [0.15, 0.2) is 48.8 Å². The number of hydrogen-bond acceptors (Lipinski definition) is 5. The number of pyridine rings is 1. The van der Waals surface area contributed by atoms with E-state index < -0.39 is 0 Å². The van der Waals surface area contributed by atoms with Crippen molar-refractivity contribution in [2.75, 3.05) is 14.2 Å². The fraction of sp³-hybridized carbons (Fsp3) is 0.263. The van der Waals surface area contributed by atoms with E-state index in [0.717, 1.165) is 16.9 Å². The Morgan fingerprint density at radius 3 is 2.74 bits per heavy atom. The topological polar surface area (TPSA) is 76.0 Å². The van der Waals surface area contributed by atoms with E-state index in [1.807, 2.05) is 41.0 Å². The first-order valence-electron chi connectivity index (χ1n) is 8.51. The van der Waals surface area contributed by atoms with Gasteiger partial charge in [0.2, 0.25) is 5.91 Å². The molecule has 0 saturated carbocycles. The van der Waals surface area contributed by atoms with Crippen LogP contribution in [-0.2, 0) is 17.9 Å². The molecule has 0 aliphatic heterocycles. The van der Waals surface area contributed by atoms with Crippen LogP contribution >= 0.6 is 12.2 Å². The summed E-state index contributed by atoms with van der Waals surface area (Å²) >= 11 is 5.33. The first-order chi connectivity index (χ1) is 13.1. The summed E-state index contributed by atoms with van der Waals surface area (Å²) in [7, 11) is 3.41. The lowest BCUT2D eigenvalue weighted by Gasteiger charge is -2.17. The maximum Gasteiger partial charge on any atom is 0.224 e. The second kappa shape index (κ2) is 8.59. The van der Waals surface area contributed by atoms with Crippen LogP contribution in [0.4, 0.5) is 0 Å². The van der Waals surface area contributed by atoms with E-state index >= 15 is 0 Å². The smallest absolute Gasteiger partial charge is 0.224 e. The molecule has 0 atom stereocenters. The van der Waals surface area contributed by atoms with Crippen molar-refractivity contribution in [3.63, 3.8) is 0 Å². The molecule has 7 nitrogen and oxygen atoms in total. The van der Waals surface area contributed by atoms with Crippen molar-refractivity contribution in [1.82, 2.24) is 24.6 Å². The van der Waals surface area contributed by atoms with Gasteiger partial charge in [-0.25, -0.2) is 0 Å². The third-order valence-corrected chi connectivity index (χ3v) is 4.54. The van der Waals surface area contributed by atoms with Gasteiger partial charge < -0.3 is 9.64 Å². The van der Waals surface area contributed by atoms with Crippen molar-refractivity contribution in [3.05, 3.63) is 59.1 Å². The highest BCUT2D eigenvalue weighted by molar-refractivity contribution is 7.71. The molecule has 3 rings (SSSR count). The van der Waals surface area contributed by atoms with Gasteiger partial charge in [0.25, 0.3) is 0 Å². The van der Waals surface area contributed by atoms with Crippen LogP contribution in [0.1, 0.15) is 12.0 Å². The third kappa shape index (κ3) is 4.59. The summed E-state index contributed by atoms with van der Waals surface area (Å²) in [5.74, 6) is 1.50. The molecule has 0 bridgehead atoms. The number of rotatable bonds is 7. The molecule has 140 valence electrons. The lowest BCUT2D eigenvalue weighted by molar-refractivity contribution is -0.130. The molecule has 1 aromatic carbocycles. The van der Waals surface area contributed by atoms with E-state index in [9.17, 15) is 4.79 Å². The Morgan fingerprint density at radius 2 is 2.07 bits per heavy atom. The lowest BCUT2D eigenvalue weighted by Crippen LogP contribution is -2.27. The first kappa shape index (κ1) is 18.8. The molecule has 0 aliphatic carbocycles. The van der Waals surface area contributed by atoms with Crippen molar-refractivity contribution in [2.24, 2.45) is 0 Å². The lowest BCUT2D eigenvalue weighted by atomic mass is 10.2. The van der Waals surface area contributed by atoms with Gasteiger partial charge in [0.1, 0.15) is 5.75 Å². The predicted octanol–water partition coefficient (Wildman–Crippen LogP) is 3.06. The van der Waals surface area contributed by atoms with Gasteiger partial charge in [-0.1, -0.05) is 6.07 Å². The molecule has 1 N–H and O–H groups in total. The quantitative estimate of drug-likeness (QED) is 0.635. The molecule has 0 saturated heterocycles. The molecule has 27 heavy (non-hydrogen) atoms. The number of carbonyl (C=O) groups is 1. The highest BCUT2D eigenvalue weighted by Gasteiger charge is 2.13. The van der Waals surface area contributed by atoms with Crippen LogP contribution in [0.5, 0.6) is 5.75 Å². The summed E-state index contributed by atoms with van der Waals surface area (Å²) in [4.78, 5) is 18.3. The molecule has 0 fully saturated rings. The van der Waals surface area contributed by atoms with E-state index in [1.165, 1.54) is 0 Å². The first-order valence-corrected chi connectivity index (χ1v) is 8.92. The van der Waals surface area contributed by atoms with E-state index in [1.54, 1.807) is 31.5 Å². The maximum atomic E-state index is 12.5. The van der Waals surface area contributed by atoms with Crippen LogP contribution in [0.25, 0.3) is 11.4 Å². The summed E-state index contributed by atoms with van der Waals surface area (Å²) in [6, 6.07) is 11.4. The number of nitrogens with zero attached hydrogens (tertiary/aromatic N) is 4. The van der Waals surface area contributed by atoms with Gasteiger partial charge in [0, 0.05) is 44.5 Å². The molecule has 0 radical (unpaired) electrons. The Kier molecular flexibility index (Phi) is 5.97. The summed E-state index contributed by atoms with van der Waals surface area (Å²) in [6.45, 7) is 0.974. The van der Waals surface area contributed by atoms with Crippen LogP contribution in [0.3, 0.4) is 0 Å². The van der Waals surface area contributed by atoms with Gasteiger partial charge >= 0.3 is 0 Å². The van der Waals surface area contributed by atoms with Gasteiger partial charge in [-0.15, -0.1) is 0 Å². The molecular formula is C19H21N5O2S. The number of ether oxygens (including phenoxy) is 1. The summed E-state index contributed by atoms with van der Waals surface area (Å²) in [6.07, 6.45) is 3.80. The van der Waals surface area contributed by atoms with E-state index in [4.69, 9.17) is 17.0 Å². The van der Waals surface area contributed by atoms with E-state index in [2.05, 4.69) is 15.2 Å². The minimum atomic E-state index is 0.0302. The van der Waals surface area contributed by atoms with Crippen LogP contribution in [0.2, 0.25) is 0 Å². The number of aromatic nitrogens is 4. The van der Waals surface area contributed by atoms with Crippen molar-refractivity contribution >= 4 is 18.1 Å². The Bertz CT molecular complexity index is 950. The molecule has 0 aliphatic rings. The fourth-order valence-corrected chi connectivity index (χ4v) is 2.96. The zero-order valence-corrected chi connectivity index (χ0v) is 16.1. The number of aromatic amines is 1. The van der Waals surface area contributed by atoms with Gasteiger partial charge in [-0.2, -0.15) is 5.10 Å². The molecule has 2 heterocycles. The summed E-state index contributed by atoms with van der Waals surface area (Å²) < 4.78 is 7.51. The van der Waals surface area contributed by atoms with Crippen LogP contribution < -0.4 is 4.74 Å². The van der Waals surface area contributed by atoms with Crippen LogP contribution in [-0.4, -0.2) is 44.7 Å². The van der Waals surface area contributed by atoms with Crippen molar-refractivity contribution < 1.29 is 9.53 Å². The Hall–Kier alpha value is -3.00. The number of amides is 1. The van der Waals surface area contributed by atoms with Crippen molar-refractivity contribution in [1.29, 1.82) is 0 Å². The van der Waals surface area contributed by atoms with Crippen molar-refractivity contribution in [3.8, 4) is 17.1 Å². The average molecular weight is 383 g/mol. The second-order valence-corrected chi connectivity index (χ2v) is 6.48. The fourth-order valence-electron chi connectivity index (χ4n) is 2.74. The van der Waals surface area contributed by atoms with Crippen LogP contribution in [0, 0.1) is 4.77 Å². The normalized spacial score (nSPS) is 10.6. The molecular weight excluding hydrogens is 362 g/mol. The average Bonchev–Trinajstić information content (AvgIpc) is 3.07. The Balaban J connectivity index is 1.68. The Morgan fingerprint density at radius 1 is 1.30 bits per heavy atom. The van der Waals surface area contributed by atoms with E-state index in [0.29, 0.717) is 30.1 Å². The standard InChI is InChI=1S/C19H21N5O2S/c1-23(13-14-4-3-10-20-12-14)17(25)9-11-24-18(21-22-19(24)27)15-5-7-16(26-2)8-6-15/h3-8,10,12H,9,11,13H2,1-2H3,(H,22,27). The minimum Gasteiger partial charge on any atom is -0.497 e. The van der Waals surface area contributed by atoms with Gasteiger partial charge in [-0.3, -0.25) is 19.4 Å².